The number of aryl methyl sites for hydroxylation is 1. The Balaban J connectivity index is 1.34. The maximum atomic E-state index is 12.6. The Morgan fingerprint density at radius 2 is 1.88 bits per heavy atom. The maximum absolute atomic E-state index is 12.6. The van der Waals surface area contributed by atoms with Crippen LogP contribution < -0.4 is 4.90 Å². The molecule has 0 spiro atoms. The van der Waals surface area contributed by atoms with Crippen molar-refractivity contribution in [1.82, 2.24) is 14.9 Å². The van der Waals surface area contributed by atoms with Crippen molar-refractivity contribution in [1.29, 1.82) is 0 Å². The zero-order valence-corrected chi connectivity index (χ0v) is 19.9. The Bertz CT molecular complexity index is 1020. The fraction of sp³-hybridized carbons (Fsp3) is 0.667. The minimum atomic E-state index is -0.299. The fourth-order valence-electron chi connectivity index (χ4n) is 4.86. The summed E-state index contributed by atoms with van der Waals surface area (Å²) in [4.78, 5) is 41.1. The summed E-state index contributed by atoms with van der Waals surface area (Å²) in [6.07, 6.45) is 6.25. The molecule has 2 aromatic rings. The second-order valence-electron chi connectivity index (χ2n) is 9.38. The molecule has 1 saturated carbocycles. The third kappa shape index (κ3) is 4.34. The largest absolute Gasteiger partial charge is 0.466 e. The van der Waals surface area contributed by atoms with Crippen LogP contribution in [-0.2, 0) is 27.2 Å². The number of ether oxygens (including phenoxy) is 1. The molecule has 2 aromatic heterocycles. The highest BCUT2D eigenvalue weighted by Gasteiger charge is 2.32. The first kappa shape index (κ1) is 21.6. The number of hydrogen-bond donors (Lipinski definition) is 0. The molecule has 3 aliphatic rings. The molecule has 3 heterocycles. The van der Waals surface area contributed by atoms with Crippen molar-refractivity contribution < 1.29 is 14.3 Å². The predicted octanol–water partition coefficient (Wildman–Crippen LogP) is 3.69. The van der Waals surface area contributed by atoms with Crippen LogP contribution in [-0.4, -0.2) is 59.5 Å². The second-order valence-corrected chi connectivity index (χ2v) is 10.5. The van der Waals surface area contributed by atoms with E-state index in [1.165, 1.54) is 35.1 Å². The van der Waals surface area contributed by atoms with Gasteiger partial charge in [-0.15, -0.1) is 11.3 Å². The van der Waals surface area contributed by atoms with Crippen molar-refractivity contribution in [2.75, 3.05) is 37.7 Å². The van der Waals surface area contributed by atoms with Gasteiger partial charge in [-0.2, -0.15) is 0 Å². The third-order valence-electron chi connectivity index (χ3n) is 6.88. The molecule has 1 aliphatic heterocycles. The summed E-state index contributed by atoms with van der Waals surface area (Å²) in [5, 5.41) is 1.27. The molecule has 0 N–H and O–H groups in total. The number of aromatic nitrogens is 2. The number of fused-ring (bicyclic) bond motifs is 3. The van der Waals surface area contributed by atoms with E-state index in [2.05, 4.69) is 11.8 Å². The molecule has 2 fully saturated rings. The number of hydrogen-bond acceptors (Lipinski definition) is 7. The van der Waals surface area contributed by atoms with Crippen LogP contribution in [0.2, 0.25) is 0 Å². The summed E-state index contributed by atoms with van der Waals surface area (Å²) in [7, 11) is 0. The van der Waals surface area contributed by atoms with Crippen molar-refractivity contribution in [3.63, 3.8) is 0 Å². The Hall–Kier alpha value is -2.22. The summed E-state index contributed by atoms with van der Waals surface area (Å²) >= 11 is 1.87. The van der Waals surface area contributed by atoms with E-state index < -0.39 is 0 Å². The van der Waals surface area contributed by atoms with Gasteiger partial charge in [0.25, 0.3) is 0 Å². The van der Waals surface area contributed by atoms with Crippen LogP contribution in [0.3, 0.4) is 0 Å². The molecule has 0 aromatic carbocycles. The SMILES string of the molecule is CCOC(=O)CCC(=O)N1CCN(c2nc(C3CC3)nc3sc4c(c23)CC[C@H](C)C4)CC1. The molecular formula is C24H32N4O3S. The minimum Gasteiger partial charge on any atom is -0.466 e. The van der Waals surface area contributed by atoms with Crippen LogP contribution in [0.1, 0.15) is 68.1 Å². The van der Waals surface area contributed by atoms with Gasteiger partial charge in [-0.05, 0) is 50.5 Å². The predicted molar refractivity (Wildman–Crippen MR) is 125 cm³/mol. The van der Waals surface area contributed by atoms with Gasteiger partial charge in [0.2, 0.25) is 5.91 Å². The lowest BCUT2D eigenvalue weighted by molar-refractivity contribution is -0.145. The van der Waals surface area contributed by atoms with Gasteiger partial charge in [-0.3, -0.25) is 9.59 Å². The highest BCUT2D eigenvalue weighted by molar-refractivity contribution is 7.19. The van der Waals surface area contributed by atoms with Crippen molar-refractivity contribution in [3.05, 3.63) is 16.3 Å². The third-order valence-corrected chi connectivity index (χ3v) is 8.02. The normalized spacial score (nSPS) is 21.0. The quantitative estimate of drug-likeness (QED) is 0.617. The van der Waals surface area contributed by atoms with Gasteiger partial charge in [0.1, 0.15) is 16.5 Å². The summed E-state index contributed by atoms with van der Waals surface area (Å²) in [6, 6.07) is 0. The fourth-order valence-corrected chi connectivity index (χ4v) is 6.24. The van der Waals surface area contributed by atoms with Gasteiger partial charge >= 0.3 is 5.97 Å². The molecule has 172 valence electrons. The van der Waals surface area contributed by atoms with E-state index in [1.807, 2.05) is 16.2 Å². The van der Waals surface area contributed by atoms with Crippen LogP contribution in [0.15, 0.2) is 0 Å². The lowest BCUT2D eigenvalue weighted by atomic mass is 9.89. The monoisotopic (exact) mass is 456 g/mol. The van der Waals surface area contributed by atoms with Gasteiger partial charge in [-0.25, -0.2) is 9.97 Å². The molecule has 1 amide bonds. The Morgan fingerprint density at radius 3 is 2.59 bits per heavy atom. The smallest absolute Gasteiger partial charge is 0.306 e. The number of nitrogens with zero attached hydrogens (tertiary/aromatic N) is 4. The number of amides is 1. The van der Waals surface area contributed by atoms with Gasteiger partial charge in [0.05, 0.1) is 18.4 Å². The van der Waals surface area contributed by atoms with E-state index in [9.17, 15) is 9.59 Å². The van der Waals surface area contributed by atoms with E-state index >= 15 is 0 Å². The molecule has 5 rings (SSSR count). The summed E-state index contributed by atoms with van der Waals surface area (Å²) in [5.74, 6) is 3.08. The number of carbonyl (C=O) groups excluding carboxylic acids is 2. The van der Waals surface area contributed by atoms with E-state index in [1.54, 1.807) is 6.92 Å². The van der Waals surface area contributed by atoms with Crippen LogP contribution >= 0.6 is 11.3 Å². The molecule has 8 heteroatoms. The van der Waals surface area contributed by atoms with Crippen molar-refractivity contribution >= 4 is 39.2 Å². The number of thiophene rings is 1. The molecule has 0 unspecified atom stereocenters. The zero-order valence-electron chi connectivity index (χ0n) is 19.1. The van der Waals surface area contributed by atoms with Crippen LogP contribution in [0.4, 0.5) is 5.82 Å². The lowest BCUT2D eigenvalue weighted by Crippen LogP contribution is -2.49. The van der Waals surface area contributed by atoms with Gasteiger partial charge in [0, 0.05) is 43.4 Å². The summed E-state index contributed by atoms with van der Waals surface area (Å²) in [5.41, 5.74) is 1.47. The number of anilines is 1. The standard InChI is InChI=1S/C24H32N4O3S/c1-3-31-20(30)9-8-19(29)27-10-12-28(13-11-27)23-21-17-7-4-15(2)14-18(17)32-24(21)26-22(25-23)16-5-6-16/h15-16H,3-14H2,1-2H3/t15-/m0/s1. The first-order valence-corrected chi connectivity index (χ1v) is 12.9. The highest BCUT2D eigenvalue weighted by atomic mass is 32.1. The van der Waals surface area contributed by atoms with Crippen molar-refractivity contribution in [2.24, 2.45) is 5.92 Å². The van der Waals surface area contributed by atoms with E-state index in [4.69, 9.17) is 14.7 Å². The molecule has 0 bridgehead atoms. The van der Waals surface area contributed by atoms with Crippen molar-refractivity contribution in [3.8, 4) is 0 Å². The van der Waals surface area contributed by atoms with Gasteiger partial charge in [0.15, 0.2) is 0 Å². The number of esters is 1. The molecule has 1 saturated heterocycles. The Labute approximate surface area is 193 Å². The molecular weight excluding hydrogens is 424 g/mol. The maximum Gasteiger partial charge on any atom is 0.306 e. The van der Waals surface area contributed by atoms with Crippen molar-refractivity contribution in [2.45, 2.75) is 64.7 Å². The first-order valence-electron chi connectivity index (χ1n) is 12.0. The topological polar surface area (TPSA) is 75.6 Å². The first-order chi connectivity index (χ1) is 15.5. The Kier molecular flexibility index (Phi) is 6.05. The zero-order chi connectivity index (χ0) is 22.2. The van der Waals surface area contributed by atoms with Crippen LogP contribution in [0.5, 0.6) is 0 Å². The molecule has 0 radical (unpaired) electrons. The lowest BCUT2D eigenvalue weighted by Gasteiger charge is -2.36. The number of piperazine rings is 1. The molecule has 1 atom stereocenters. The molecule has 2 aliphatic carbocycles. The average Bonchev–Trinajstić information content (AvgIpc) is 3.58. The van der Waals surface area contributed by atoms with E-state index in [0.29, 0.717) is 25.6 Å². The number of carbonyl (C=O) groups is 2. The average molecular weight is 457 g/mol. The Morgan fingerprint density at radius 1 is 1.09 bits per heavy atom. The minimum absolute atomic E-state index is 0.0334. The van der Waals surface area contributed by atoms with E-state index in [0.717, 1.165) is 48.3 Å². The molecule has 32 heavy (non-hydrogen) atoms. The van der Waals surface area contributed by atoms with Gasteiger partial charge in [-0.1, -0.05) is 6.92 Å². The summed E-state index contributed by atoms with van der Waals surface area (Å²) < 4.78 is 4.94. The number of rotatable bonds is 6. The van der Waals surface area contributed by atoms with E-state index in [-0.39, 0.29) is 24.7 Å². The van der Waals surface area contributed by atoms with Crippen LogP contribution in [0, 0.1) is 5.92 Å². The summed E-state index contributed by atoms with van der Waals surface area (Å²) in [6.45, 7) is 7.33. The second kappa shape index (κ2) is 8.96. The van der Waals surface area contributed by atoms with Gasteiger partial charge < -0.3 is 14.5 Å². The molecule has 7 nitrogen and oxygen atoms in total. The highest BCUT2D eigenvalue weighted by Crippen LogP contribution is 2.44. The van der Waals surface area contributed by atoms with Crippen LogP contribution in [0.25, 0.3) is 10.2 Å².